The Morgan fingerprint density at radius 3 is 2.70 bits per heavy atom. The molecule has 0 saturated heterocycles. The fraction of sp³-hybridized carbons (Fsp3) is 0.571. The summed E-state index contributed by atoms with van der Waals surface area (Å²) in [5.41, 5.74) is 7.62. The van der Waals surface area contributed by atoms with Gasteiger partial charge in [0.05, 0.1) is 5.69 Å². The number of nitrogens with two attached hydrogens (primary N) is 1. The van der Waals surface area contributed by atoms with Gasteiger partial charge in [0, 0.05) is 19.3 Å². The van der Waals surface area contributed by atoms with Gasteiger partial charge < -0.3 is 5.73 Å². The van der Waals surface area contributed by atoms with Crippen molar-refractivity contribution >= 4 is 0 Å². The molecule has 0 aliphatic heterocycles. The molecule has 0 amide bonds. The van der Waals surface area contributed by atoms with Crippen LogP contribution in [0.25, 0.3) is 0 Å². The summed E-state index contributed by atoms with van der Waals surface area (Å²) in [6.45, 7) is 2.64. The van der Waals surface area contributed by atoms with Crippen molar-refractivity contribution in [1.82, 2.24) is 9.78 Å². The standard InChI is InChI=1S/C7H13N3/c1-3-7-4-6(5-8)9-10(7)2/h4H,3,5,8H2,1-2H3. The van der Waals surface area contributed by atoms with Crippen molar-refractivity contribution in [1.29, 1.82) is 0 Å². The highest BCUT2D eigenvalue weighted by molar-refractivity contribution is 5.09. The number of hydrogen-bond acceptors (Lipinski definition) is 2. The van der Waals surface area contributed by atoms with Gasteiger partial charge in [0.2, 0.25) is 0 Å². The van der Waals surface area contributed by atoms with E-state index < -0.39 is 0 Å². The van der Waals surface area contributed by atoms with Crippen LogP contribution in [0.2, 0.25) is 0 Å². The Morgan fingerprint density at radius 2 is 2.40 bits per heavy atom. The van der Waals surface area contributed by atoms with Crippen molar-refractivity contribution in [3.63, 3.8) is 0 Å². The van der Waals surface area contributed by atoms with Gasteiger partial charge in [-0.15, -0.1) is 0 Å². The lowest BCUT2D eigenvalue weighted by Gasteiger charge is -1.92. The molecule has 2 N–H and O–H groups in total. The maximum absolute atomic E-state index is 5.41. The summed E-state index contributed by atoms with van der Waals surface area (Å²) in [6.07, 6.45) is 1.02. The molecule has 1 heterocycles. The Balaban J connectivity index is 2.92. The van der Waals surface area contributed by atoms with Gasteiger partial charge in [-0.3, -0.25) is 4.68 Å². The number of nitrogens with zero attached hydrogens (tertiary/aromatic N) is 2. The van der Waals surface area contributed by atoms with E-state index in [2.05, 4.69) is 12.0 Å². The third kappa shape index (κ3) is 1.19. The van der Waals surface area contributed by atoms with Crippen LogP contribution < -0.4 is 5.73 Å². The molecule has 1 aromatic heterocycles. The monoisotopic (exact) mass is 139 g/mol. The molecular weight excluding hydrogens is 126 g/mol. The predicted octanol–water partition coefficient (Wildman–Crippen LogP) is 0.441. The summed E-state index contributed by atoms with van der Waals surface area (Å²) in [5.74, 6) is 0. The molecule has 0 bridgehead atoms. The quantitative estimate of drug-likeness (QED) is 0.646. The Hall–Kier alpha value is -0.830. The van der Waals surface area contributed by atoms with E-state index in [1.165, 1.54) is 5.69 Å². The van der Waals surface area contributed by atoms with Crippen LogP contribution >= 0.6 is 0 Å². The number of rotatable bonds is 2. The first-order chi connectivity index (χ1) is 4.77. The van der Waals surface area contributed by atoms with Gasteiger partial charge in [0.1, 0.15) is 0 Å². The second-order valence-corrected chi connectivity index (χ2v) is 2.31. The van der Waals surface area contributed by atoms with Gasteiger partial charge in [-0.1, -0.05) is 6.92 Å². The largest absolute Gasteiger partial charge is 0.325 e. The molecule has 0 saturated carbocycles. The second-order valence-electron chi connectivity index (χ2n) is 2.31. The summed E-state index contributed by atoms with van der Waals surface area (Å²) in [7, 11) is 1.94. The van der Waals surface area contributed by atoms with E-state index in [9.17, 15) is 0 Å². The maximum atomic E-state index is 5.41. The van der Waals surface area contributed by atoms with Crippen LogP contribution in [-0.2, 0) is 20.0 Å². The van der Waals surface area contributed by atoms with Crippen molar-refractivity contribution in [3.05, 3.63) is 17.5 Å². The van der Waals surface area contributed by atoms with E-state index in [0.717, 1.165) is 12.1 Å². The lowest BCUT2D eigenvalue weighted by molar-refractivity contribution is 0.703. The highest BCUT2D eigenvalue weighted by Gasteiger charge is 1.99. The molecule has 56 valence electrons. The van der Waals surface area contributed by atoms with Gasteiger partial charge in [-0.25, -0.2) is 0 Å². The molecule has 0 aromatic carbocycles. The third-order valence-corrected chi connectivity index (χ3v) is 1.60. The average molecular weight is 139 g/mol. The highest BCUT2D eigenvalue weighted by Crippen LogP contribution is 2.01. The lowest BCUT2D eigenvalue weighted by Crippen LogP contribution is -1.99. The number of aromatic nitrogens is 2. The predicted molar refractivity (Wildman–Crippen MR) is 40.5 cm³/mol. The second kappa shape index (κ2) is 2.84. The van der Waals surface area contributed by atoms with Crippen molar-refractivity contribution < 1.29 is 0 Å². The SMILES string of the molecule is CCc1cc(CN)nn1C. The number of hydrogen-bond donors (Lipinski definition) is 1. The van der Waals surface area contributed by atoms with Gasteiger partial charge in [0.25, 0.3) is 0 Å². The van der Waals surface area contributed by atoms with Crippen LogP contribution in [0.5, 0.6) is 0 Å². The maximum Gasteiger partial charge on any atom is 0.0763 e. The molecule has 1 aromatic rings. The Kier molecular flexibility index (Phi) is 2.06. The highest BCUT2D eigenvalue weighted by atomic mass is 15.3. The molecule has 3 heteroatoms. The van der Waals surface area contributed by atoms with Crippen LogP contribution in [-0.4, -0.2) is 9.78 Å². The molecule has 0 atom stereocenters. The van der Waals surface area contributed by atoms with Crippen LogP contribution in [0.15, 0.2) is 6.07 Å². The number of aryl methyl sites for hydroxylation is 2. The summed E-state index contributed by atoms with van der Waals surface area (Å²) in [5, 5.41) is 4.19. The third-order valence-electron chi connectivity index (χ3n) is 1.60. The summed E-state index contributed by atoms with van der Waals surface area (Å²) < 4.78 is 1.88. The molecule has 1 rings (SSSR count). The molecule has 0 spiro atoms. The van der Waals surface area contributed by atoms with E-state index in [4.69, 9.17) is 5.73 Å². The Morgan fingerprint density at radius 1 is 1.70 bits per heavy atom. The zero-order valence-corrected chi connectivity index (χ0v) is 6.46. The normalized spacial score (nSPS) is 10.3. The van der Waals surface area contributed by atoms with Crippen molar-refractivity contribution in [3.8, 4) is 0 Å². The minimum absolute atomic E-state index is 0.536. The Bertz CT molecular complexity index is 215. The minimum atomic E-state index is 0.536. The van der Waals surface area contributed by atoms with E-state index in [1.54, 1.807) is 0 Å². The first kappa shape index (κ1) is 7.28. The van der Waals surface area contributed by atoms with Crippen LogP contribution in [0.1, 0.15) is 18.3 Å². The smallest absolute Gasteiger partial charge is 0.0763 e. The van der Waals surface area contributed by atoms with Crippen LogP contribution in [0.3, 0.4) is 0 Å². The molecule has 0 fully saturated rings. The molecule has 0 aliphatic carbocycles. The first-order valence-corrected chi connectivity index (χ1v) is 3.49. The lowest BCUT2D eigenvalue weighted by atomic mass is 10.3. The summed E-state index contributed by atoms with van der Waals surface area (Å²) >= 11 is 0. The molecule has 0 unspecified atom stereocenters. The molecule has 3 nitrogen and oxygen atoms in total. The average Bonchev–Trinajstić information content (AvgIpc) is 2.30. The van der Waals surface area contributed by atoms with E-state index in [-0.39, 0.29) is 0 Å². The topological polar surface area (TPSA) is 43.8 Å². The first-order valence-electron chi connectivity index (χ1n) is 3.49. The van der Waals surface area contributed by atoms with E-state index in [1.807, 2.05) is 17.8 Å². The van der Waals surface area contributed by atoms with Gasteiger partial charge >= 0.3 is 0 Å². The fourth-order valence-electron chi connectivity index (χ4n) is 1.00. The summed E-state index contributed by atoms with van der Waals surface area (Å²) in [6, 6.07) is 2.04. The van der Waals surface area contributed by atoms with Crippen LogP contribution in [0, 0.1) is 0 Å². The van der Waals surface area contributed by atoms with Gasteiger partial charge in [-0.2, -0.15) is 5.10 Å². The van der Waals surface area contributed by atoms with Crippen LogP contribution in [0.4, 0.5) is 0 Å². The van der Waals surface area contributed by atoms with Crippen molar-refractivity contribution in [2.75, 3.05) is 0 Å². The summed E-state index contributed by atoms with van der Waals surface area (Å²) in [4.78, 5) is 0. The van der Waals surface area contributed by atoms with E-state index in [0.29, 0.717) is 6.54 Å². The Labute approximate surface area is 60.8 Å². The molecular formula is C7H13N3. The van der Waals surface area contributed by atoms with Crippen molar-refractivity contribution in [2.24, 2.45) is 12.8 Å². The molecule has 0 radical (unpaired) electrons. The van der Waals surface area contributed by atoms with Gasteiger partial charge in [0.15, 0.2) is 0 Å². The van der Waals surface area contributed by atoms with Crippen molar-refractivity contribution in [2.45, 2.75) is 19.9 Å². The van der Waals surface area contributed by atoms with Gasteiger partial charge in [-0.05, 0) is 12.5 Å². The zero-order valence-electron chi connectivity index (χ0n) is 6.46. The van der Waals surface area contributed by atoms with E-state index >= 15 is 0 Å². The fourth-order valence-corrected chi connectivity index (χ4v) is 1.00. The zero-order chi connectivity index (χ0) is 7.56. The minimum Gasteiger partial charge on any atom is -0.325 e. The molecule has 10 heavy (non-hydrogen) atoms. The molecule has 0 aliphatic rings.